The summed E-state index contributed by atoms with van der Waals surface area (Å²) >= 11 is 5.85. The molecular formula is C22H23ClN6O4. The molecule has 10 nitrogen and oxygen atoms in total. The van der Waals surface area contributed by atoms with Crippen LogP contribution in [-0.4, -0.2) is 57.3 Å². The Morgan fingerprint density at radius 2 is 1.85 bits per heavy atom. The zero-order valence-electron chi connectivity index (χ0n) is 17.7. The second-order valence-electron chi connectivity index (χ2n) is 7.78. The third-order valence-corrected chi connectivity index (χ3v) is 5.58. The normalized spacial score (nSPS) is 14.2. The van der Waals surface area contributed by atoms with Gasteiger partial charge in [-0.2, -0.15) is 0 Å². The molecule has 1 aliphatic rings. The van der Waals surface area contributed by atoms with Crippen molar-refractivity contribution < 1.29 is 19.1 Å². The molecule has 3 amide bonds. The molecule has 33 heavy (non-hydrogen) atoms. The van der Waals surface area contributed by atoms with Crippen LogP contribution in [0, 0.1) is 0 Å². The van der Waals surface area contributed by atoms with Gasteiger partial charge in [-0.1, -0.05) is 28.9 Å². The van der Waals surface area contributed by atoms with Crippen molar-refractivity contribution in [2.75, 3.05) is 18.4 Å². The lowest BCUT2D eigenvalue weighted by Gasteiger charge is -2.31. The van der Waals surface area contributed by atoms with Crippen LogP contribution >= 0.6 is 11.6 Å². The Morgan fingerprint density at radius 1 is 1.09 bits per heavy atom. The first-order valence-corrected chi connectivity index (χ1v) is 10.9. The number of anilines is 1. The first-order valence-electron chi connectivity index (χ1n) is 10.5. The van der Waals surface area contributed by atoms with Crippen molar-refractivity contribution in [2.45, 2.75) is 31.9 Å². The van der Waals surface area contributed by atoms with Crippen LogP contribution < -0.4 is 10.6 Å². The number of H-pyrrole nitrogens is 1. The molecule has 1 aliphatic heterocycles. The lowest BCUT2D eigenvalue weighted by Crippen LogP contribution is -2.47. The number of hydrogen-bond donors (Lipinski definition) is 3. The number of rotatable bonds is 6. The maximum atomic E-state index is 12.3. The topological polar surface area (TPSA) is 129 Å². The van der Waals surface area contributed by atoms with E-state index in [1.54, 1.807) is 47.4 Å². The van der Waals surface area contributed by atoms with Crippen molar-refractivity contribution in [1.82, 2.24) is 25.6 Å². The number of aromatic amines is 1. The smallest absolute Gasteiger partial charge is 0.410 e. The zero-order valence-corrected chi connectivity index (χ0v) is 18.5. The van der Waals surface area contributed by atoms with Gasteiger partial charge in [0.05, 0.1) is 5.52 Å². The number of hydrogen-bond acceptors (Lipinski definition) is 6. The molecule has 1 saturated heterocycles. The van der Waals surface area contributed by atoms with Crippen LogP contribution in [0.5, 0.6) is 0 Å². The minimum absolute atomic E-state index is 0.0999. The number of fused-ring (bicyclic) bond motifs is 1. The van der Waals surface area contributed by atoms with Crippen LogP contribution in [0.3, 0.4) is 0 Å². The maximum Gasteiger partial charge on any atom is 0.410 e. The van der Waals surface area contributed by atoms with Crippen LogP contribution in [-0.2, 0) is 20.9 Å². The molecule has 0 aliphatic carbocycles. The minimum Gasteiger partial charge on any atom is -0.445 e. The Hall–Kier alpha value is -3.66. The third kappa shape index (κ3) is 6.19. The minimum atomic E-state index is -0.418. The summed E-state index contributed by atoms with van der Waals surface area (Å²) in [4.78, 5) is 38.4. The molecule has 4 rings (SSSR count). The first kappa shape index (κ1) is 22.5. The third-order valence-electron chi connectivity index (χ3n) is 5.32. The van der Waals surface area contributed by atoms with E-state index >= 15 is 0 Å². The predicted octanol–water partition coefficient (Wildman–Crippen LogP) is 2.86. The fourth-order valence-electron chi connectivity index (χ4n) is 3.57. The number of ether oxygens (including phenoxy) is 1. The van der Waals surface area contributed by atoms with Crippen molar-refractivity contribution in [3.63, 3.8) is 0 Å². The van der Waals surface area contributed by atoms with E-state index in [9.17, 15) is 14.4 Å². The molecule has 0 spiro atoms. The summed E-state index contributed by atoms with van der Waals surface area (Å²) in [6.07, 6.45) is 0.497. The SMILES string of the molecule is O=C(CC(=O)NC1CCN(C(=O)OCc2ccc(Cl)cc2)CC1)Nc1ccc2[nH]nnc2c1. The maximum absolute atomic E-state index is 12.3. The number of nitrogens with one attached hydrogen (secondary N) is 3. The summed E-state index contributed by atoms with van der Waals surface area (Å²) in [5, 5.41) is 16.5. The van der Waals surface area contributed by atoms with Gasteiger partial charge in [0.1, 0.15) is 18.5 Å². The van der Waals surface area contributed by atoms with Crippen molar-refractivity contribution in [2.24, 2.45) is 0 Å². The van der Waals surface area contributed by atoms with E-state index in [1.165, 1.54) is 0 Å². The average Bonchev–Trinajstić information content (AvgIpc) is 3.27. The highest BCUT2D eigenvalue weighted by Gasteiger charge is 2.25. The molecule has 1 fully saturated rings. The molecular weight excluding hydrogens is 448 g/mol. The van der Waals surface area contributed by atoms with Gasteiger partial charge < -0.3 is 20.3 Å². The van der Waals surface area contributed by atoms with Gasteiger partial charge >= 0.3 is 6.09 Å². The van der Waals surface area contributed by atoms with Gasteiger partial charge in [0.15, 0.2) is 0 Å². The standard InChI is InChI=1S/C22H23ClN6O4/c23-15-3-1-14(2-4-15)13-33-22(32)29-9-7-16(8-10-29)24-20(30)12-21(31)25-17-5-6-18-19(11-17)27-28-26-18/h1-6,11,16H,7-10,12-13H2,(H,24,30)(H,25,31)(H,26,27,28). The molecule has 2 heterocycles. The van der Waals surface area contributed by atoms with Gasteiger partial charge in [0.25, 0.3) is 0 Å². The number of piperidine rings is 1. The summed E-state index contributed by atoms with van der Waals surface area (Å²) in [7, 11) is 0. The molecule has 0 radical (unpaired) electrons. The van der Waals surface area contributed by atoms with Gasteiger partial charge in [-0.15, -0.1) is 5.10 Å². The van der Waals surface area contributed by atoms with E-state index in [2.05, 4.69) is 26.0 Å². The van der Waals surface area contributed by atoms with Gasteiger partial charge in [0.2, 0.25) is 11.8 Å². The van der Waals surface area contributed by atoms with Crippen LogP contribution in [0.1, 0.15) is 24.8 Å². The number of carbonyl (C=O) groups excluding carboxylic acids is 3. The molecule has 0 saturated carbocycles. The van der Waals surface area contributed by atoms with E-state index < -0.39 is 12.0 Å². The van der Waals surface area contributed by atoms with Gasteiger partial charge in [-0.05, 0) is 48.7 Å². The fourth-order valence-corrected chi connectivity index (χ4v) is 3.70. The number of likely N-dealkylation sites (tertiary alicyclic amines) is 1. The van der Waals surface area contributed by atoms with Crippen LogP contribution in [0.4, 0.5) is 10.5 Å². The molecule has 1 aromatic heterocycles. The van der Waals surface area contributed by atoms with Crippen LogP contribution in [0.25, 0.3) is 11.0 Å². The lowest BCUT2D eigenvalue weighted by atomic mass is 10.1. The Balaban J connectivity index is 1.16. The van der Waals surface area contributed by atoms with Crippen molar-refractivity contribution >= 4 is 46.2 Å². The van der Waals surface area contributed by atoms with Crippen molar-refractivity contribution in [3.8, 4) is 0 Å². The second kappa shape index (κ2) is 10.3. The molecule has 0 atom stereocenters. The molecule has 0 bridgehead atoms. The molecule has 172 valence electrons. The zero-order chi connectivity index (χ0) is 23.2. The van der Waals surface area contributed by atoms with Crippen LogP contribution in [0.2, 0.25) is 5.02 Å². The van der Waals surface area contributed by atoms with Crippen LogP contribution in [0.15, 0.2) is 42.5 Å². The highest BCUT2D eigenvalue weighted by molar-refractivity contribution is 6.30. The number of halogens is 1. The first-order chi connectivity index (χ1) is 16.0. The summed E-state index contributed by atoms with van der Waals surface area (Å²) < 4.78 is 5.35. The summed E-state index contributed by atoms with van der Waals surface area (Å²) in [5.41, 5.74) is 2.77. The lowest BCUT2D eigenvalue weighted by molar-refractivity contribution is -0.127. The van der Waals surface area contributed by atoms with Gasteiger partial charge in [0, 0.05) is 29.8 Å². The monoisotopic (exact) mass is 470 g/mol. The quantitative estimate of drug-likeness (QED) is 0.475. The number of benzene rings is 2. The van der Waals surface area contributed by atoms with Gasteiger partial charge in [-0.3, -0.25) is 14.7 Å². The average molecular weight is 471 g/mol. The Morgan fingerprint density at radius 3 is 2.61 bits per heavy atom. The Kier molecular flexibility index (Phi) is 7.04. The van der Waals surface area contributed by atoms with Gasteiger partial charge in [-0.25, -0.2) is 4.79 Å². The van der Waals surface area contributed by atoms with E-state index in [4.69, 9.17) is 16.3 Å². The van der Waals surface area contributed by atoms with Crippen molar-refractivity contribution in [1.29, 1.82) is 0 Å². The molecule has 2 aromatic carbocycles. The van der Waals surface area contributed by atoms with Crippen molar-refractivity contribution in [3.05, 3.63) is 53.1 Å². The van der Waals surface area contributed by atoms with E-state index in [0.717, 1.165) is 11.1 Å². The summed E-state index contributed by atoms with van der Waals surface area (Å²) in [6, 6.07) is 12.1. The highest BCUT2D eigenvalue weighted by Crippen LogP contribution is 2.16. The fraction of sp³-hybridized carbons (Fsp3) is 0.318. The Labute approximate surface area is 194 Å². The molecule has 11 heteroatoms. The number of amides is 3. The molecule has 3 N–H and O–H groups in total. The number of nitrogens with zero attached hydrogens (tertiary/aromatic N) is 3. The number of aromatic nitrogens is 3. The van der Waals surface area contributed by atoms with E-state index in [0.29, 0.717) is 42.2 Å². The Bertz CT molecular complexity index is 1140. The second-order valence-corrected chi connectivity index (χ2v) is 8.22. The summed E-state index contributed by atoms with van der Waals surface area (Å²) in [6.45, 7) is 1.11. The molecule has 3 aromatic rings. The highest BCUT2D eigenvalue weighted by atomic mass is 35.5. The number of carbonyl (C=O) groups is 3. The predicted molar refractivity (Wildman–Crippen MR) is 122 cm³/mol. The molecule has 0 unspecified atom stereocenters. The van der Waals surface area contributed by atoms with E-state index in [-0.39, 0.29) is 25.0 Å². The summed E-state index contributed by atoms with van der Waals surface area (Å²) in [5.74, 6) is -0.780. The largest absolute Gasteiger partial charge is 0.445 e. The van der Waals surface area contributed by atoms with E-state index in [1.807, 2.05) is 0 Å².